The number of rotatable bonds is 4. The fraction of sp³-hybridized carbons (Fsp3) is 0.0833. The summed E-state index contributed by atoms with van der Waals surface area (Å²) in [5.74, 6) is 0.216. The van der Waals surface area contributed by atoms with Crippen LogP contribution in [0.4, 0.5) is 11.5 Å². The van der Waals surface area contributed by atoms with E-state index in [0.717, 1.165) is 5.56 Å². The first-order valence-electron chi connectivity index (χ1n) is 5.35. The predicted molar refractivity (Wildman–Crippen MR) is 77.4 cm³/mol. The van der Waals surface area contributed by atoms with Gasteiger partial charge in [-0.2, -0.15) is 0 Å². The second-order valence-electron chi connectivity index (χ2n) is 3.72. The maximum absolute atomic E-state index is 10.9. The van der Waals surface area contributed by atoms with Gasteiger partial charge in [0.2, 0.25) is 5.82 Å². The Bertz CT molecular complexity index is 622. The minimum Gasteiger partial charge on any atom is -0.360 e. The molecule has 0 radical (unpaired) electrons. The van der Waals surface area contributed by atoms with Gasteiger partial charge < -0.3 is 5.32 Å². The minimum absolute atomic E-state index is 0.0820. The third-order valence-corrected chi connectivity index (χ3v) is 3.24. The predicted octanol–water partition coefficient (Wildman–Crippen LogP) is 4.02. The van der Waals surface area contributed by atoms with Crippen LogP contribution in [0.3, 0.4) is 0 Å². The summed E-state index contributed by atoms with van der Waals surface area (Å²) < 4.78 is 0.558. The second-order valence-corrected chi connectivity index (χ2v) is 5.05. The van der Waals surface area contributed by atoms with Gasteiger partial charge in [-0.1, -0.05) is 29.8 Å². The number of hydrogen-bond donors (Lipinski definition) is 1. The van der Waals surface area contributed by atoms with Crippen LogP contribution in [0.25, 0.3) is 0 Å². The van der Waals surface area contributed by atoms with Crippen molar-refractivity contribution in [2.45, 2.75) is 6.54 Å². The summed E-state index contributed by atoms with van der Waals surface area (Å²) >= 11 is 9.17. The molecule has 2 rings (SSSR count). The average molecular weight is 343 g/mol. The summed E-state index contributed by atoms with van der Waals surface area (Å²) in [5, 5.41) is 14.5. The molecule has 0 unspecified atom stereocenters. The van der Waals surface area contributed by atoms with Gasteiger partial charge in [0, 0.05) is 28.3 Å². The van der Waals surface area contributed by atoms with Gasteiger partial charge in [-0.25, -0.2) is 4.98 Å². The molecule has 7 heteroatoms. The summed E-state index contributed by atoms with van der Waals surface area (Å²) in [6.07, 6.45) is 1.50. The largest absolute Gasteiger partial charge is 0.360 e. The van der Waals surface area contributed by atoms with Crippen LogP contribution in [0.1, 0.15) is 5.56 Å². The third-order valence-electron chi connectivity index (χ3n) is 2.44. The number of pyridine rings is 1. The molecular weight excluding hydrogens is 334 g/mol. The molecule has 0 fully saturated rings. The normalized spacial score (nSPS) is 10.2. The molecule has 0 spiro atoms. The zero-order valence-electron chi connectivity index (χ0n) is 9.64. The number of hydrogen-bond acceptors (Lipinski definition) is 4. The summed E-state index contributed by atoms with van der Waals surface area (Å²) in [5.41, 5.74) is 0.768. The molecule has 0 aliphatic heterocycles. The van der Waals surface area contributed by atoms with Crippen LogP contribution in [0.2, 0.25) is 5.02 Å². The second kappa shape index (κ2) is 5.99. The molecule has 0 saturated heterocycles. The average Bonchev–Trinajstić information content (AvgIpc) is 2.38. The van der Waals surface area contributed by atoms with Gasteiger partial charge in [-0.05, 0) is 27.6 Å². The first kappa shape index (κ1) is 13.8. The molecule has 1 aromatic heterocycles. The van der Waals surface area contributed by atoms with Gasteiger partial charge in [0.05, 0.1) is 4.92 Å². The topological polar surface area (TPSA) is 68.1 Å². The van der Waals surface area contributed by atoms with Crippen LogP contribution in [-0.4, -0.2) is 9.91 Å². The lowest BCUT2D eigenvalue weighted by Gasteiger charge is -2.07. The van der Waals surface area contributed by atoms with E-state index < -0.39 is 4.92 Å². The lowest BCUT2D eigenvalue weighted by molar-refractivity contribution is -0.384. The molecule has 5 nitrogen and oxygen atoms in total. The van der Waals surface area contributed by atoms with Crippen molar-refractivity contribution < 1.29 is 4.92 Å². The number of nitrogens with zero attached hydrogens (tertiary/aromatic N) is 2. The fourth-order valence-corrected chi connectivity index (χ4v) is 2.05. The Morgan fingerprint density at radius 1 is 1.42 bits per heavy atom. The highest BCUT2D eigenvalue weighted by atomic mass is 79.9. The number of anilines is 1. The molecular formula is C12H9BrClN3O2. The van der Waals surface area contributed by atoms with Gasteiger partial charge in [-0.15, -0.1) is 0 Å². The van der Waals surface area contributed by atoms with Crippen molar-refractivity contribution in [3.8, 4) is 0 Å². The molecule has 98 valence electrons. The van der Waals surface area contributed by atoms with Crippen LogP contribution in [-0.2, 0) is 6.54 Å². The van der Waals surface area contributed by atoms with E-state index in [0.29, 0.717) is 16.0 Å². The van der Waals surface area contributed by atoms with E-state index >= 15 is 0 Å². The maximum Gasteiger partial charge on any atom is 0.312 e. The van der Waals surface area contributed by atoms with E-state index in [4.69, 9.17) is 11.6 Å². The first-order valence-corrected chi connectivity index (χ1v) is 6.52. The highest BCUT2D eigenvalue weighted by Gasteiger charge is 2.15. The summed E-state index contributed by atoms with van der Waals surface area (Å²) in [6, 6.07) is 8.70. The Labute approximate surface area is 122 Å². The Hall–Kier alpha value is -1.66. The number of aromatic nitrogens is 1. The molecule has 1 heterocycles. The standard InChI is InChI=1S/C12H9BrClN3O2/c13-9-5-11(17(18)19)12(16-7-9)15-6-8-3-1-2-4-10(8)14/h1-5,7H,6H2,(H,15,16). The summed E-state index contributed by atoms with van der Waals surface area (Å²) in [6.45, 7) is 0.370. The van der Waals surface area contributed by atoms with E-state index in [1.807, 2.05) is 18.2 Å². The highest BCUT2D eigenvalue weighted by molar-refractivity contribution is 9.10. The van der Waals surface area contributed by atoms with Crippen molar-refractivity contribution in [1.82, 2.24) is 4.98 Å². The molecule has 0 aliphatic rings. The molecule has 2 aromatic rings. The quantitative estimate of drug-likeness (QED) is 0.673. The van der Waals surface area contributed by atoms with Crippen LogP contribution >= 0.6 is 27.5 Å². The first-order chi connectivity index (χ1) is 9.08. The smallest absolute Gasteiger partial charge is 0.312 e. The van der Waals surface area contributed by atoms with Gasteiger partial charge in [0.1, 0.15) is 0 Å². The molecule has 1 N–H and O–H groups in total. The van der Waals surface area contributed by atoms with E-state index in [1.165, 1.54) is 12.3 Å². The highest BCUT2D eigenvalue weighted by Crippen LogP contribution is 2.26. The summed E-state index contributed by atoms with van der Waals surface area (Å²) in [4.78, 5) is 14.5. The Balaban J connectivity index is 2.20. The molecule has 0 saturated carbocycles. The van der Waals surface area contributed by atoms with Crippen molar-refractivity contribution in [1.29, 1.82) is 0 Å². The Kier molecular flexibility index (Phi) is 4.34. The Morgan fingerprint density at radius 3 is 2.84 bits per heavy atom. The molecule has 0 aliphatic carbocycles. The third kappa shape index (κ3) is 3.42. The van der Waals surface area contributed by atoms with E-state index in [9.17, 15) is 10.1 Å². The van der Waals surface area contributed by atoms with Crippen molar-refractivity contribution in [2.24, 2.45) is 0 Å². The van der Waals surface area contributed by atoms with Crippen LogP contribution in [0.15, 0.2) is 41.0 Å². The van der Waals surface area contributed by atoms with Crippen molar-refractivity contribution in [3.63, 3.8) is 0 Å². The lowest BCUT2D eigenvalue weighted by atomic mass is 10.2. The van der Waals surface area contributed by atoms with E-state index in [-0.39, 0.29) is 11.5 Å². The van der Waals surface area contributed by atoms with Crippen molar-refractivity contribution in [2.75, 3.05) is 5.32 Å². The van der Waals surface area contributed by atoms with Gasteiger partial charge in [-0.3, -0.25) is 10.1 Å². The molecule has 1 aromatic carbocycles. The maximum atomic E-state index is 10.9. The van der Waals surface area contributed by atoms with Gasteiger partial charge >= 0.3 is 5.69 Å². The lowest BCUT2D eigenvalue weighted by Crippen LogP contribution is -2.05. The van der Waals surface area contributed by atoms with E-state index in [1.54, 1.807) is 6.07 Å². The number of nitrogens with one attached hydrogen (secondary N) is 1. The molecule has 0 bridgehead atoms. The van der Waals surface area contributed by atoms with Crippen molar-refractivity contribution in [3.05, 3.63) is 61.7 Å². The molecule has 19 heavy (non-hydrogen) atoms. The van der Waals surface area contributed by atoms with Crippen LogP contribution in [0.5, 0.6) is 0 Å². The summed E-state index contributed by atoms with van der Waals surface area (Å²) in [7, 11) is 0. The number of halogens is 2. The zero-order valence-corrected chi connectivity index (χ0v) is 12.0. The fourth-order valence-electron chi connectivity index (χ4n) is 1.52. The van der Waals surface area contributed by atoms with E-state index in [2.05, 4.69) is 26.2 Å². The van der Waals surface area contributed by atoms with Crippen LogP contribution in [0, 0.1) is 10.1 Å². The van der Waals surface area contributed by atoms with Crippen LogP contribution < -0.4 is 5.32 Å². The minimum atomic E-state index is -0.479. The van der Waals surface area contributed by atoms with Gasteiger partial charge in [0.25, 0.3) is 0 Å². The Morgan fingerprint density at radius 2 is 2.16 bits per heavy atom. The number of benzene rings is 1. The SMILES string of the molecule is O=[N+]([O-])c1cc(Br)cnc1NCc1ccccc1Cl. The molecule has 0 amide bonds. The number of nitro groups is 1. The zero-order chi connectivity index (χ0) is 13.8. The molecule has 0 atom stereocenters. The monoisotopic (exact) mass is 341 g/mol. The van der Waals surface area contributed by atoms with Crippen molar-refractivity contribution >= 4 is 39.0 Å². The van der Waals surface area contributed by atoms with Gasteiger partial charge in [0.15, 0.2) is 0 Å².